The van der Waals surface area contributed by atoms with Gasteiger partial charge in [0.25, 0.3) is 0 Å². The van der Waals surface area contributed by atoms with Crippen molar-refractivity contribution >= 4 is 29.6 Å². The number of halogens is 3. The Bertz CT molecular complexity index is 1250. The molecule has 4 heterocycles. The molecule has 5 rings (SSSR count). The van der Waals surface area contributed by atoms with Gasteiger partial charge >= 0.3 is 6.18 Å². The molecule has 0 radical (unpaired) electrons. The molecule has 4 aliphatic rings. The molecule has 13 nitrogen and oxygen atoms in total. The molecular weight excluding hydrogens is 513 g/mol. The third kappa shape index (κ3) is 3.91. The summed E-state index contributed by atoms with van der Waals surface area (Å²) in [4.78, 5) is 48.0. The van der Waals surface area contributed by atoms with Crippen molar-refractivity contribution in [3.63, 3.8) is 0 Å². The van der Waals surface area contributed by atoms with Crippen LogP contribution in [0.3, 0.4) is 0 Å². The highest BCUT2D eigenvalue weighted by molar-refractivity contribution is 6.02. The number of rotatable bonds is 5. The molecule has 3 amide bonds. The molecule has 0 aromatic heterocycles. The predicted molar refractivity (Wildman–Crippen MR) is 124 cm³/mol. The number of carbonyl (C=O) groups is 3. The van der Waals surface area contributed by atoms with Crippen LogP contribution in [-0.4, -0.2) is 92.3 Å². The highest BCUT2D eigenvalue weighted by Gasteiger charge is 2.73. The van der Waals surface area contributed by atoms with Crippen molar-refractivity contribution in [1.82, 2.24) is 20.4 Å². The van der Waals surface area contributed by atoms with Crippen molar-refractivity contribution in [2.75, 3.05) is 13.1 Å². The van der Waals surface area contributed by atoms with Crippen molar-refractivity contribution in [2.24, 2.45) is 21.5 Å². The minimum Gasteiger partial charge on any atom is -0.370 e. The smallest absolute Gasteiger partial charge is 0.370 e. The Labute approximate surface area is 213 Å². The van der Waals surface area contributed by atoms with Crippen molar-refractivity contribution in [2.45, 2.75) is 55.0 Å². The third-order valence-corrected chi connectivity index (χ3v) is 7.28. The first kappa shape index (κ1) is 25.7. The largest absolute Gasteiger partial charge is 0.416 e. The van der Waals surface area contributed by atoms with Crippen LogP contribution < -0.4 is 22.1 Å². The van der Waals surface area contributed by atoms with Gasteiger partial charge in [0, 0.05) is 19.4 Å². The summed E-state index contributed by atoms with van der Waals surface area (Å²) in [5.74, 6) is -4.73. The maximum absolute atomic E-state index is 13.0. The molecule has 0 saturated carbocycles. The van der Waals surface area contributed by atoms with E-state index in [9.17, 15) is 37.8 Å². The van der Waals surface area contributed by atoms with Gasteiger partial charge in [-0.25, -0.2) is 9.98 Å². The molecule has 1 aromatic carbocycles. The van der Waals surface area contributed by atoms with Crippen LogP contribution in [0.5, 0.6) is 0 Å². The van der Waals surface area contributed by atoms with E-state index in [-0.39, 0.29) is 43.4 Å². The number of aliphatic imine (C=N–C) groups is 2. The Kier molecular flexibility index (Phi) is 5.79. The van der Waals surface area contributed by atoms with Crippen molar-refractivity contribution in [1.29, 1.82) is 0 Å². The highest BCUT2D eigenvalue weighted by Crippen LogP contribution is 2.45. The number of hydrogen-bond acceptors (Lipinski definition) is 11. The second-order valence-electron chi connectivity index (χ2n) is 9.64. The lowest BCUT2D eigenvalue weighted by molar-refractivity contribution is -0.232. The van der Waals surface area contributed by atoms with Gasteiger partial charge in [0.2, 0.25) is 23.5 Å². The number of alkyl halides is 3. The van der Waals surface area contributed by atoms with Gasteiger partial charge < -0.3 is 37.2 Å². The molecule has 0 bridgehead atoms. The van der Waals surface area contributed by atoms with Crippen LogP contribution in [0.25, 0.3) is 0 Å². The van der Waals surface area contributed by atoms with Gasteiger partial charge in [-0.1, -0.05) is 18.2 Å². The SMILES string of the molecule is NC1=NC2[C@H](CN3C(=O)CCC3=O)N=C(N)N3C[C@H](NC(=O)Cc4cccc(C(F)(F)F)c4)C(O)(O)C23N1. The van der Waals surface area contributed by atoms with Gasteiger partial charge in [-0.15, -0.1) is 0 Å². The summed E-state index contributed by atoms with van der Waals surface area (Å²) in [7, 11) is 0. The van der Waals surface area contributed by atoms with Crippen LogP contribution in [0.4, 0.5) is 13.2 Å². The number of amides is 3. The predicted octanol–water partition coefficient (Wildman–Crippen LogP) is -2.44. The van der Waals surface area contributed by atoms with Gasteiger partial charge in [0.05, 0.1) is 24.6 Å². The molecule has 1 aromatic rings. The van der Waals surface area contributed by atoms with Crippen LogP contribution in [0.1, 0.15) is 24.0 Å². The lowest BCUT2D eigenvalue weighted by atomic mass is 9.84. The van der Waals surface area contributed by atoms with E-state index < -0.39 is 65.5 Å². The van der Waals surface area contributed by atoms with E-state index in [1.54, 1.807) is 0 Å². The fourth-order valence-electron chi connectivity index (χ4n) is 5.54. The van der Waals surface area contributed by atoms with Crippen LogP contribution in [0.2, 0.25) is 0 Å². The number of aliphatic hydroxyl groups is 2. The first-order valence-corrected chi connectivity index (χ1v) is 11.7. The average molecular weight is 538 g/mol. The number of likely N-dealkylation sites (tertiary alicyclic amines) is 1. The Hall–Kier alpha value is -3.92. The second-order valence-corrected chi connectivity index (χ2v) is 9.64. The number of hydrogen-bond donors (Lipinski definition) is 6. The number of nitrogens with zero attached hydrogens (tertiary/aromatic N) is 4. The molecule has 0 aliphatic carbocycles. The first-order chi connectivity index (χ1) is 17.7. The Balaban J connectivity index is 1.39. The molecule has 1 spiro atoms. The zero-order valence-corrected chi connectivity index (χ0v) is 19.8. The van der Waals surface area contributed by atoms with Crippen LogP contribution >= 0.6 is 0 Å². The summed E-state index contributed by atoms with van der Waals surface area (Å²) in [5.41, 5.74) is 9.30. The second kappa shape index (κ2) is 8.56. The maximum Gasteiger partial charge on any atom is 0.416 e. The van der Waals surface area contributed by atoms with Crippen LogP contribution in [-0.2, 0) is 27.0 Å². The number of carbonyl (C=O) groups excluding carboxylic acids is 3. The zero-order chi connectivity index (χ0) is 27.6. The summed E-state index contributed by atoms with van der Waals surface area (Å²) in [6.45, 7) is -0.489. The summed E-state index contributed by atoms with van der Waals surface area (Å²) >= 11 is 0. The van der Waals surface area contributed by atoms with Crippen LogP contribution in [0.15, 0.2) is 34.3 Å². The Morgan fingerprint density at radius 2 is 1.87 bits per heavy atom. The molecule has 16 heteroatoms. The van der Waals surface area contributed by atoms with E-state index in [4.69, 9.17) is 11.5 Å². The maximum atomic E-state index is 13.0. The van der Waals surface area contributed by atoms with Crippen LogP contribution in [0, 0.1) is 0 Å². The zero-order valence-electron chi connectivity index (χ0n) is 19.8. The molecule has 8 N–H and O–H groups in total. The minimum absolute atomic E-state index is 0.0419. The van der Waals surface area contributed by atoms with Gasteiger partial charge in [-0.05, 0) is 11.6 Å². The molecule has 4 aliphatic heterocycles. The number of guanidine groups is 2. The fourth-order valence-corrected chi connectivity index (χ4v) is 5.54. The van der Waals surface area contributed by atoms with Gasteiger partial charge in [0.1, 0.15) is 12.1 Å². The average Bonchev–Trinajstić information content (AvgIpc) is 3.41. The highest BCUT2D eigenvalue weighted by atomic mass is 19.4. The van der Waals surface area contributed by atoms with E-state index in [1.807, 2.05) is 0 Å². The van der Waals surface area contributed by atoms with Crippen molar-refractivity contribution < 1.29 is 37.8 Å². The molecule has 4 atom stereocenters. The number of imide groups is 1. The van der Waals surface area contributed by atoms with Crippen molar-refractivity contribution in [3.8, 4) is 0 Å². The minimum atomic E-state index is -4.59. The normalized spacial score (nSPS) is 30.0. The van der Waals surface area contributed by atoms with E-state index in [2.05, 4.69) is 20.6 Å². The van der Waals surface area contributed by atoms with Crippen molar-refractivity contribution in [3.05, 3.63) is 35.4 Å². The third-order valence-electron chi connectivity index (χ3n) is 7.28. The monoisotopic (exact) mass is 538 g/mol. The molecular formula is C22H25F3N8O5. The first-order valence-electron chi connectivity index (χ1n) is 11.7. The standard InChI is InChI=1S/C22H25F3N8O5/c23-22(24,25)11-3-1-2-10(6-11)7-14(34)29-13-9-33-19(27)28-12(8-32-15(35)4-5-16(32)36)17-20(33,21(13,37)38)31-18(26)30-17/h1-3,6,12-13,17,37-38H,4-5,7-9H2,(H2,27,28)(H,29,34)(H3,26,30,31)/t12-,13-,17?,20?/m0/s1. The number of nitrogens with two attached hydrogens (primary N) is 2. The quantitative estimate of drug-likeness (QED) is 0.174. The topological polar surface area (TPSA) is 199 Å². The van der Waals surface area contributed by atoms with Gasteiger partial charge in [-0.3, -0.25) is 19.3 Å². The van der Waals surface area contributed by atoms with E-state index in [0.717, 1.165) is 17.0 Å². The Morgan fingerprint density at radius 3 is 2.53 bits per heavy atom. The fraction of sp³-hybridized carbons (Fsp3) is 0.500. The molecule has 38 heavy (non-hydrogen) atoms. The summed E-state index contributed by atoms with van der Waals surface area (Å²) in [6, 6.07) is 0.708. The van der Waals surface area contributed by atoms with Gasteiger partial charge in [-0.2, -0.15) is 13.2 Å². The summed E-state index contributed by atoms with van der Waals surface area (Å²) in [5, 5.41) is 28.0. The molecule has 2 fully saturated rings. The lowest BCUT2D eigenvalue weighted by Crippen LogP contribution is -2.78. The molecule has 2 unspecified atom stereocenters. The molecule has 2 saturated heterocycles. The number of benzene rings is 1. The summed E-state index contributed by atoms with van der Waals surface area (Å²) < 4.78 is 39.1. The summed E-state index contributed by atoms with van der Waals surface area (Å²) in [6.07, 6.45) is -4.98. The van der Waals surface area contributed by atoms with E-state index in [1.165, 1.54) is 17.0 Å². The van der Waals surface area contributed by atoms with E-state index >= 15 is 0 Å². The van der Waals surface area contributed by atoms with E-state index in [0.29, 0.717) is 0 Å². The Morgan fingerprint density at radius 1 is 1.18 bits per heavy atom. The molecule has 204 valence electrons. The number of nitrogens with one attached hydrogen (secondary N) is 2. The lowest BCUT2D eigenvalue weighted by Gasteiger charge is -2.49. The van der Waals surface area contributed by atoms with Gasteiger partial charge in [0.15, 0.2) is 17.6 Å².